The van der Waals surface area contributed by atoms with Crippen LogP contribution in [0.5, 0.6) is 0 Å². The smallest absolute Gasteiger partial charge is 0.688 e. The molecule has 5 heteroatoms. The topological polar surface area (TPSA) is 52.9 Å². The van der Waals surface area contributed by atoms with Crippen LogP contribution < -0.4 is 0 Å². The molecule has 4 nitrogen and oxygen atoms in total. The van der Waals surface area contributed by atoms with Gasteiger partial charge in [-0.1, -0.05) is 44.6 Å². The first-order chi connectivity index (χ1) is 11.0. The van der Waals surface area contributed by atoms with E-state index in [0.29, 0.717) is 0 Å². The van der Waals surface area contributed by atoms with Crippen LogP contribution in [0.15, 0.2) is 57.8 Å². The fourth-order valence-electron chi connectivity index (χ4n) is 2.38. The molecule has 1 aromatic carbocycles. The molecule has 2 rings (SSSR count). The molecular weight excluding hydrogens is 348 g/mol. The maximum atomic E-state index is 4.68. The van der Waals surface area contributed by atoms with E-state index >= 15 is 0 Å². The molecule has 0 saturated carbocycles. The first-order valence-electron chi connectivity index (χ1n) is 7.96. The van der Waals surface area contributed by atoms with E-state index in [-0.39, 0.29) is 17.1 Å². The number of para-hydroxylation sites is 2. The van der Waals surface area contributed by atoms with Crippen LogP contribution in [0, 0.1) is 0 Å². The molecule has 24 heavy (non-hydrogen) atoms. The predicted octanol–water partition coefficient (Wildman–Crippen LogP) is 5.83. The SMILES string of the molecule is CC1=Nc2ccccc2N=C(C)/C=C(/C)[N-]CCC[N-]/C(C)=C\1.[Cu+2]. The van der Waals surface area contributed by atoms with E-state index < -0.39 is 0 Å². The summed E-state index contributed by atoms with van der Waals surface area (Å²) in [5.74, 6) is 0. The first-order valence-corrected chi connectivity index (χ1v) is 7.96. The van der Waals surface area contributed by atoms with E-state index in [4.69, 9.17) is 0 Å². The van der Waals surface area contributed by atoms with Crippen molar-refractivity contribution in [2.45, 2.75) is 34.1 Å². The molecule has 1 heterocycles. The summed E-state index contributed by atoms with van der Waals surface area (Å²) in [5, 5.41) is 9.11. The van der Waals surface area contributed by atoms with Crippen molar-refractivity contribution in [3.8, 4) is 0 Å². The van der Waals surface area contributed by atoms with Crippen molar-refractivity contribution >= 4 is 22.8 Å². The van der Waals surface area contributed by atoms with Crippen molar-refractivity contribution < 1.29 is 17.1 Å². The number of rotatable bonds is 0. The largest absolute Gasteiger partial charge is 2.00 e. The first kappa shape index (κ1) is 20.2. The molecule has 1 aliphatic rings. The standard InChI is InChI=1S/C19H24N4.Cu/c1-14-12-16(3)22-18-8-5-6-9-19(18)23-17(4)13-15(2)21-11-7-10-20-14;/h5-6,8-9,12-13H,7,10-11H2,1-4H3;/q-2;+2/b14-12-,15-13-,22-16?,23-17?;. The summed E-state index contributed by atoms with van der Waals surface area (Å²) in [7, 11) is 0. The Morgan fingerprint density at radius 1 is 0.750 bits per heavy atom. The number of benzene rings is 1. The molecule has 1 aromatic rings. The Hall–Kier alpha value is -1.84. The summed E-state index contributed by atoms with van der Waals surface area (Å²) in [6.45, 7) is 9.57. The third kappa shape index (κ3) is 6.73. The Kier molecular flexibility index (Phi) is 8.51. The van der Waals surface area contributed by atoms with Gasteiger partial charge in [0.25, 0.3) is 0 Å². The Bertz CT molecular complexity index is 615. The molecule has 1 aliphatic heterocycles. The molecule has 131 valence electrons. The van der Waals surface area contributed by atoms with Crippen LogP contribution >= 0.6 is 0 Å². The summed E-state index contributed by atoms with van der Waals surface area (Å²) in [5.41, 5.74) is 5.57. The number of allylic oxidation sites excluding steroid dienone is 4. The van der Waals surface area contributed by atoms with Crippen LogP contribution in [0.2, 0.25) is 0 Å². The van der Waals surface area contributed by atoms with Gasteiger partial charge in [-0.2, -0.15) is 11.4 Å². The maximum Gasteiger partial charge on any atom is 2.00 e. The second-order valence-electron chi connectivity index (χ2n) is 5.68. The minimum absolute atomic E-state index is 0. The molecule has 0 N–H and O–H groups in total. The van der Waals surface area contributed by atoms with Crippen molar-refractivity contribution in [3.05, 3.63) is 58.4 Å². The quantitative estimate of drug-likeness (QED) is 0.515. The van der Waals surface area contributed by atoms with Gasteiger partial charge in [0.2, 0.25) is 0 Å². The molecule has 0 unspecified atom stereocenters. The number of nitrogens with zero attached hydrogens (tertiary/aromatic N) is 4. The molecule has 0 fully saturated rings. The van der Waals surface area contributed by atoms with Gasteiger partial charge in [-0.05, 0) is 26.0 Å². The molecule has 0 bridgehead atoms. The molecular formula is C19H24CuN4. The van der Waals surface area contributed by atoms with Gasteiger partial charge in [0.05, 0.1) is 11.4 Å². The van der Waals surface area contributed by atoms with Gasteiger partial charge in [-0.25, -0.2) is 0 Å². The average Bonchev–Trinajstić information content (AvgIpc) is 2.48. The van der Waals surface area contributed by atoms with E-state index in [1.807, 2.05) is 64.1 Å². The number of hydrogen-bond donors (Lipinski definition) is 0. The maximum absolute atomic E-state index is 4.68. The summed E-state index contributed by atoms with van der Waals surface area (Å²) in [4.78, 5) is 9.37. The Balaban J connectivity index is 0.00000288. The normalized spacial score (nSPS) is 20.7. The zero-order chi connectivity index (χ0) is 16.7. The van der Waals surface area contributed by atoms with Crippen LogP contribution in [0.1, 0.15) is 34.1 Å². The van der Waals surface area contributed by atoms with Crippen molar-refractivity contribution in [2.24, 2.45) is 9.98 Å². The number of fused-ring (bicyclic) bond motifs is 1. The van der Waals surface area contributed by atoms with E-state index in [9.17, 15) is 0 Å². The second kappa shape index (κ2) is 10.1. The van der Waals surface area contributed by atoms with E-state index in [1.54, 1.807) is 0 Å². The average molecular weight is 372 g/mol. The second-order valence-corrected chi connectivity index (χ2v) is 5.68. The van der Waals surface area contributed by atoms with E-state index in [2.05, 4.69) is 20.6 Å². The van der Waals surface area contributed by atoms with Crippen LogP contribution in [0.3, 0.4) is 0 Å². The van der Waals surface area contributed by atoms with Crippen molar-refractivity contribution in [1.29, 1.82) is 0 Å². The van der Waals surface area contributed by atoms with Crippen molar-refractivity contribution in [3.63, 3.8) is 0 Å². The Labute approximate surface area is 155 Å². The van der Waals surface area contributed by atoms with Crippen LogP contribution in [-0.4, -0.2) is 24.5 Å². The van der Waals surface area contributed by atoms with Gasteiger partial charge in [0.15, 0.2) is 0 Å². The zero-order valence-electron chi connectivity index (χ0n) is 14.7. The molecule has 1 radical (unpaired) electrons. The number of hydrogen-bond acceptors (Lipinski definition) is 2. The molecule has 0 aliphatic carbocycles. The van der Waals surface area contributed by atoms with Gasteiger partial charge >= 0.3 is 17.1 Å². The third-order valence-corrected chi connectivity index (χ3v) is 3.35. The fourth-order valence-corrected chi connectivity index (χ4v) is 2.38. The van der Waals surface area contributed by atoms with Gasteiger partial charge < -0.3 is 10.6 Å². The minimum atomic E-state index is 0. The van der Waals surface area contributed by atoms with Crippen LogP contribution in [-0.2, 0) is 17.1 Å². The summed E-state index contributed by atoms with van der Waals surface area (Å²) >= 11 is 0. The minimum Gasteiger partial charge on any atom is -0.688 e. The van der Waals surface area contributed by atoms with Crippen molar-refractivity contribution in [2.75, 3.05) is 13.1 Å². The number of aliphatic imine (C=N–C) groups is 2. The summed E-state index contributed by atoms with van der Waals surface area (Å²) in [6.07, 6.45) is 4.96. The molecule has 0 aromatic heterocycles. The molecule has 0 spiro atoms. The summed E-state index contributed by atoms with van der Waals surface area (Å²) in [6, 6.07) is 7.92. The van der Waals surface area contributed by atoms with E-state index in [1.165, 1.54) is 0 Å². The third-order valence-electron chi connectivity index (χ3n) is 3.35. The Morgan fingerprint density at radius 3 is 1.58 bits per heavy atom. The summed E-state index contributed by atoms with van der Waals surface area (Å²) < 4.78 is 0. The van der Waals surface area contributed by atoms with E-state index in [0.717, 1.165) is 53.7 Å². The van der Waals surface area contributed by atoms with Crippen molar-refractivity contribution in [1.82, 2.24) is 0 Å². The molecule has 0 atom stereocenters. The van der Waals surface area contributed by atoms with Gasteiger partial charge in [0, 0.05) is 11.4 Å². The fraction of sp³-hybridized carbons (Fsp3) is 0.368. The Morgan fingerprint density at radius 2 is 1.17 bits per heavy atom. The molecule has 0 saturated heterocycles. The predicted molar refractivity (Wildman–Crippen MR) is 101 cm³/mol. The molecule has 0 amide bonds. The van der Waals surface area contributed by atoms with Gasteiger partial charge in [-0.15, -0.1) is 13.1 Å². The van der Waals surface area contributed by atoms with Gasteiger partial charge in [-0.3, -0.25) is 9.98 Å². The zero-order valence-corrected chi connectivity index (χ0v) is 15.6. The van der Waals surface area contributed by atoms with Gasteiger partial charge in [0.1, 0.15) is 0 Å². The van der Waals surface area contributed by atoms with Crippen LogP contribution in [0.25, 0.3) is 10.6 Å². The van der Waals surface area contributed by atoms with Crippen LogP contribution in [0.4, 0.5) is 11.4 Å². The monoisotopic (exact) mass is 371 g/mol.